The molecule has 1 atom stereocenters. The second kappa shape index (κ2) is 6.89. The Labute approximate surface area is 147 Å². The quantitative estimate of drug-likeness (QED) is 0.787. The van der Waals surface area contributed by atoms with Crippen molar-refractivity contribution in [2.45, 2.75) is 39.3 Å². The average Bonchev–Trinajstić information content (AvgIpc) is 2.44. The summed E-state index contributed by atoms with van der Waals surface area (Å²) in [5, 5.41) is 0.335. The molecule has 1 aromatic carbocycles. The van der Waals surface area contributed by atoms with Crippen molar-refractivity contribution in [1.29, 1.82) is 0 Å². The van der Waals surface area contributed by atoms with Crippen LogP contribution in [0.4, 0.5) is 10.5 Å². The van der Waals surface area contributed by atoms with Crippen LogP contribution < -0.4 is 5.73 Å². The number of nitrogens with two attached hydrogens (primary N) is 1. The lowest BCUT2D eigenvalue weighted by Crippen LogP contribution is -2.56. The maximum Gasteiger partial charge on any atom is 0.410 e. The summed E-state index contributed by atoms with van der Waals surface area (Å²) in [6, 6.07) is 4.72. The van der Waals surface area contributed by atoms with Crippen LogP contribution in [0.25, 0.3) is 0 Å². The fraction of sp³-hybridized carbons (Fsp3) is 0.529. The van der Waals surface area contributed by atoms with Gasteiger partial charge in [0.2, 0.25) is 0 Å². The van der Waals surface area contributed by atoms with Crippen molar-refractivity contribution in [3.05, 3.63) is 28.8 Å². The van der Waals surface area contributed by atoms with Crippen LogP contribution in [-0.2, 0) is 4.74 Å². The van der Waals surface area contributed by atoms with Crippen LogP contribution in [0.2, 0.25) is 5.02 Å². The number of hydrogen-bond acceptors (Lipinski definition) is 4. The fourth-order valence-corrected chi connectivity index (χ4v) is 2.88. The SMILES string of the molecule is C[C@H]1CN(C(=O)OC(C)(C)C)CCN1C(=O)c1ccc(N)cc1Cl. The number of halogens is 1. The third-order valence-corrected chi connectivity index (χ3v) is 4.08. The first-order chi connectivity index (χ1) is 11.1. The van der Waals surface area contributed by atoms with Crippen LogP contribution in [0.1, 0.15) is 38.1 Å². The summed E-state index contributed by atoms with van der Waals surface area (Å²) in [5.74, 6) is -0.156. The molecule has 2 rings (SSSR count). The number of nitrogens with zero attached hydrogens (tertiary/aromatic N) is 2. The number of ether oxygens (including phenoxy) is 1. The van der Waals surface area contributed by atoms with E-state index in [-0.39, 0.29) is 18.0 Å². The van der Waals surface area contributed by atoms with Gasteiger partial charge < -0.3 is 20.3 Å². The Morgan fingerprint density at radius 2 is 1.96 bits per heavy atom. The highest BCUT2D eigenvalue weighted by Gasteiger charge is 2.32. The van der Waals surface area contributed by atoms with Gasteiger partial charge in [-0.2, -0.15) is 0 Å². The molecule has 1 aliphatic rings. The van der Waals surface area contributed by atoms with Crippen molar-refractivity contribution in [3.63, 3.8) is 0 Å². The predicted molar refractivity (Wildman–Crippen MR) is 94.2 cm³/mol. The van der Waals surface area contributed by atoms with E-state index >= 15 is 0 Å². The van der Waals surface area contributed by atoms with E-state index in [0.717, 1.165) is 0 Å². The minimum atomic E-state index is -0.537. The molecule has 0 bridgehead atoms. The van der Waals surface area contributed by atoms with Crippen LogP contribution in [-0.4, -0.2) is 53.1 Å². The summed E-state index contributed by atoms with van der Waals surface area (Å²) < 4.78 is 5.39. The van der Waals surface area contributed by atoms with E-state index in [4.69, 9.17) is 22.1 Å². The monoisotopic (exact) mass is 353 g/mol. The summed E-state index contributed by atoms with van der Waals surface area (Å²) in [4.78, 5) is 28.2. The van der Waals surface area contributed by atoms with E-state index in [2.05, 4.69) is 0 Å². The highest BCUT2D eigenvalue weighted by atomic mass is 35.5. The van der Waals surface area contributed by atoms with E-state index in [1.54, 1.807) is 28.0 Å². The van der Waals surface area contributed by atoms with E-state index in [9.17, 15) is 9.59 Å². The molecule has 7 heteroatoms. The number of carbonyl (C=O) groups is 2. The molecule has 0 saturated carbocycles. The van der Waals surface area contributed by atoms with Crippen LogP contribution in [0.15, 0.2) is 18.2 Å². The molecule has 2 N–H and O–H groups in total. The Morgan fingerprint density at radius 1 is 1.29 bits per heavy atom. The molecule has 0 radical (unpaired) electrons. The van der Waals surface area contributed by atoms with Gasteiger partial charge in [-0.1, -0.05) is 11.6 Å². The molecule has 6 nitrogen and oxygen atoms in total. The maximum atomic E-state index is 12.7. The third kappa shape index (κ3) is 4.32. The molecule has 0 spiro atoms. The lowest BCUT2D eigenvalue weighted by atomic mass is 10.1. The molecule has 0 unspecified atom stereocenters. The van der Waals surface area contributed by atoms with Gasteiger partial charge >= 0.3 is 6.09 Å². The number of anilines is 1. The standard InChI is InChI=1S/C17H24ClN3O3/c1-11-10-20(16(23)24-17(2,3)4)7-8-21(11)15(22)13-6-5-12(19)9-14(13)18/h5-6,9,11H,7-8,10,19H2,1-4H3/t11-/m0/s1. The first-order valence-electron chi connectivity index (χ1n) is 7.92. The molecular weight excluding hydrogens is 330 g/mol. The smallest absolute Gasteiger partial charge is 0.410 e. The summed E-state index contributed by atoms with van der Waals surface area (Å²) in [6.45, 7) is 8.68. The minimum Gasteiger partial charge on any atom is -0.444 e. The first-order valence-corrected chi connectivity index (χ1v) is 8.30. The van der Waals surface area contributed by atoms with Crippen molar-refractivity contribution in [1.82, 2.24) is 9.80 Å². The van der Waals surface area contributed by atoms with Crippen molar-refractivity contribution >= 4 is 29.3 Å². The summed E-state index contributed by atoms with van der Waals surface area (Å²) in [6.07, 6.45) is -0.355. The molecule has 1 fully saturated rings. The van der Waals surface area contributed by atoms with Crippen molar-refractivity contribution < 1.29 is 14.3 Å². The second-order valence-electron chi connectivity index (χ2n) is 7.01. The lowest BCUT2D eigenvalue weighted by molar-refractivity contribution is 0.00617. The maximum absolute atomic E-state index is 12.7. The molecule has 1 saturated heterocycles. The number of rotatable bonds is 1. The van der Waals surface area contributed by atoms with Crippen LogP contribution >= 0.6 is 11.6 Å². The van der Waals surface area contributed by atoms with Gasteiger partial charge in [0.15, 0.2) is 0 Å². The van der Waals surface area contributed by atoms with Gasteiger partial charge in [-0.15, -0.1) is 0 Å². The second-order valence-corrected chi connectivity index (χ2v) is 7.42. The van der Waals surface area contributed by atoms with Crippen LogP contribution in [0, 0.1) is 0 Å². The van der Waals surface area contributed by atoms with E-state index in [1.165, 1.54) is 0 Å². The number of benzene rings is 1. The highest BCUT2D eigenvalue weighted by Crippen LogP contribution is 2.23. The number of amides is 2. The Hall–Kier alpha value is -1.95. The molecule has 2 amide bonds. The Balaban J connectivity index is 2.05. The Bertz CT molecular complexity index is 642. The largest absolute Gasteiger partial charge is 0.444 e. The van der Waals surface area contributed by atoms with Gasteiger partial charge in [0.25, 0.3) is 5.91 Å². The van der Waals surface area contributed by atoms with Gasteiger partial charge in [-0.05, 0) is 45.9 Å². The van der Waals surface area contributed by atoms with Gasteiger partial charge in [-0.25, -0.2) is 4.79 Å². The third-order valence-electron chi connectivity index (χ3n) is 3.76. The Morgan fingerprint density at radius 3 is 2.50 bits per heavy atom. The first kappa shape index (κ1) is 18.4. The molecular formula is C17H24ClN3O3. The van der Waals surface area contributed by atoms with E-state index in [1.807, 2.05) is 27.7 Å². The molecule has 1 aliphatic heterocycles. The summed E-state index contributed by atoms with van der Waals surface area (Å²) >= 11 is 6.13. The number of piperazine rings is 1. The molecule has 24 heavy (non-hydrogen) atoms. The highest BCUT2D eigenvalue weighted by molar-refractivity contribution is 6.34. The molecule has 1 heterocycles. The zero-order valence-electron chi connectivity index (χ0n) is 14.5. The van der Waals surface area contributed by atoms with E-state index < -0.39 is 5.60 Å². The normalized spacial score (nSPS) is 18.5. The number of nitrogen functional groups attached to an aromatic ring is 1. The number of hydrogen-bond donors (Lipinski definition) is 1. The lowest BCUT2D eigenvalue weighted by Gasteiger charge is -2.40. The van der Waals surface area contributed by atoms with Gasteiger partial charge in [0.05, 0.1) is 10.6 Å². The molecule has 0 aromatic heterocycles. The molecule has 132 valence electrons. The molecule has 1 aromatic rings. The summed E-state index contributed by atoms with van der Waals surface area (Å²) in [5.41, 5.74) is 6.06. The Kier molecular flexibility index (Phi) is 5.28. The zero-order valence-corrected chi connectivity index (χ0v) is 15.3. The van der Waals surface area contributed by atoms with Gasteiger partial charge in [0, 0.05) is 31.4 Å². The van der Waals surface area contributed by atoms with Crippen molar-refractivity contribution in [2.24, 2.45) is 0 Å². The van der Waals surface area contributed by atoms with Crippen LogP contribution in [0.5, 0.6) is 0 Å². The summed E-state index contributed by atoms with van der Waals surface area (Å²) in [7, 11) is 0. The zero-order chi connectivity index (χ0) is 18.1. The van der Waals surface area contributed by atoms with Gasteiger partial charge in [-0.3, -0.25) is 4.79 Å². The molecule has 0 aliphatic carbocycles. The van der Waals surface area contributed by atoms with Crippen molar-refractivity contribution in [2.75, 3.05) is 25.4 Å². The van der Waals surface area contributed by atoms with Gasteiger partial charge in [0.1, 0.15) is 5.60 Å². The van der Waals surface area contributed by atoms with Crippen LogP contribution in [0.3, 0.4) is 0 Å². The topological polar surface area (TPSA) is 75.9 Å². The predicted octanol–water partition coefficient (Wildman–Crippen LogP) is 3.00. The van der Waals surface area contributed by atoms with E-state index in [0.29, 0.717) is 35.9 Å². The fourth-order valence-electron chi connectivity index (χ4n) is 2.61. The van der Waals surface area contributed by atoms with Crippen molar-refractivity contribution in [3.8, 4) is 0 Å². The number of carbonyl (C=O) groups excluding carboxylic acids is 2. The average molecular weight is 354 g/mol. The minimum absolute atomic E-state index is 0.132.